The molecule has 7 heteroatoms. The summed E-state index contributed by atoms with van der Waals surface area (Å²) in [5, 5.41) is 6.83. The zero-order valence-electron chi connectivity index (χ0n) is 17.2. The molecule has 0 saturated carbocycles. The van der Waals surface area contributed by atoms with Gasteiger partial charge in [-0.3, -0.25) is 14.9 Å². The molecule has 30 heavy (non-hydrogen) atoms. The number of hydrogen-bond donors (Lipinski definition) is 2. The molecule has 0 spiro atoms. The van der Waals surface area contributed by atoms with Gasteiger partial charge < -0.3 is 14.5 Å². The van der Waals surface area contributed by atoms with Gasteiger partial charge in [-0.15, -0.1) is 0 Å². The highest BCUT2D eigenvalue weighted by atomic mass is 16.2. The quantitative estimate of drug-likeness (QED) is 0.549. The van der Waals surface area contributed by atoms with Crippen molar-refractivity contribution in [2.24, 2.45) is 0 Å². The first-order valence-corrected chi connectivity index (χ1v) is 10.1. The Kier molecular flexibility index (Phi) is 3.96. The largest absolute Gasteiger partial charge is 0.348 e. The van der Waals surface area contributed by atoms with Gasteiger partial charge in [0, 0.05) is 29.6 Å². The van der Waals surface area contributed by atoms with E-state index in [0.29, 0.717) is 30.3 Å². The van der Waals surface area contributed by atoms with Crippen LogP contribution < -0.4 is 10.6 Å². The summed E-state index contributed by atoms with van der Waals surface area (Å²) in [5.74, 6) is 0.212. The predicted octanol–water partition coefficient (Wildman–Crippen LogP) is 3.74. The number of hydrogen-bond acceptors (Lipinski definition) is 3. The fourth-order valence-electron chi connectivity index (χ4n) is 4.29. The predicted molar refractivity (Wildman–Crippen MR) is 117 cm³/mol. The van der Waals surface area contributed by atoms with Crippen LogP contribution in [-0.2, 0) is 12.1 Å². The minimum Gasteiger partial charge on any atom is -0.348 e. The molecule has 0 unspecified atom stereocenters. The molecule has 2 aromatic heterocycles. The highest BCUT2D eigenvalue weighted by molar-refractivity contribution is 6.07. The van der Waals surface area contributed by atoms with E-state index in [1.807, 2.05) is 58.5 Å². The van der Waals surface area contributed by atoms with E-state index in [0.717, 1.165) is 21.9 Å². The molecule has 0 aliphatic carbocycles. The lowest BCUT2D eigenvalue weighted by molar-refractivity contribution is 0.0891. The van der Waals surface area contributed by atoms with Gasteiger partial charge in [0.15, 0.2) is 0 Å². The standard InChI is InChI=1S/C23H23N5O2/c1-4-27-17-8-6-5-7-16(17)25-22(27)26-20(29)15-10-9-14-11-19-21(30)24-13-23(2,3)28(19)18(14)12-15/h5-12H,4,13H2,1-3H3,(H,24,30)(H,25,26,29). The number of imidazole rings is 1. The maximum atomic E-state index is 13.1. The van der Waals surface area contributed by atoms with Crippen LogP contribution in [0.1, 0.15) is 41.6 Å². The maximum Gasteiger partial charge on any atom is 0.268 e. The first-order valence-electron chi connectivity index (χ1n) is 10.1. The van der Waals surface area contributed by atoms with Crippen molar-refractivity contribution in [1.82, 2.24) is 19.4 Å². The Morgan fingerprint density at radius 1 is 1.17 bits per heavy atom. The number of fused-ring (bicyclic) bond motifs is 4. The Bertz CT molecular complexity index is 1330. The van der Waals surface area contributed by atoms with Crippen LogP contribution in [0.2, 0.25) is 0 Å². The lowest BCUT2D eigenvalue weighted by Crippen LogP contribution is -2.47. The van der Waals surface area contributed by atoms with Crippen LogP contribution in [0.3, 0.4) is 0 Å². The molecule has 0 radical (unpaired) electrons. The van der Waals surface area contributed by atoms with Crippen LogP contribution in [0.5, 0.6) is 0 Å². The molecule has 0 atom stereocenters. The van der Waals surface area contributed by atoms with Crippen molar-refractivity contribution in [3.05, 3.63) is 59.8 Å². The van der Waals surface area contributed by atoms with E-state index in [4.69, 9.17) is 0 Å². The fourth-order valence-corrected chi connectivity index (χ4v) is 4.29. The number of benzene rings is 2. The Hall–Kier alpha value is -3.61. The number of para-hydroxylation sites is 2. The smallest absolute Gasteiger partial charge is 0.268 e. The highest BCUT2D eigenvalue weighted by Gasteiger charge is 2.32. The summed E-state index contributed by atoms with van der Waals surface area (Å²) in [6, 6.07) is 15.2. The Morgan fingerprint density at radius 3 is 2.77 bits per heavy atom. The molecule has 2 amide bonds. The van der Waals surface area contributed by atoms with Crippen LogP contribution >= 0.6 is 0 Å². The molecule has 0 fully saturated rings. The van der Waals surface area contributed by atoms with Gasteiger partial charge in [-0.1, -0.05) is 18.2 Å². The van der Waals surface area contributed by atoms with Crippen molar-refractivity contribution in [2.45, 2.75) is 32.9 Å². The normalized spacial score (nSPS) is 15.2. The Labute approximate surface area is 173 Å². The van der Waals surface area contributed by atoms with E-state index >= 15 is 0 Å². The van der Waals surface area contributed by atoms with Crippen molar-refractivity contribution in [3.63, 3.8) is 0 Å². The number of aromatic nitrogens is 3. The van der Waals surface area contributed by atoms with Crippen molar-refractivity contribution in [2.75, 3.05) is 11.9 Å². The number of nitrogens with one attached hydrogen (secondary N) is 2. The molecule has 2 aromatic carbocycles. The SMILES string of the molecule is CCn1c(NC(=O)c2ccc3cc4n(c3c2)C(C)(C)CNC4=O)nc2ccccc21. The highest BCUT2D eigenvalue weighted by Crippen LogP contribution is 2.31. The summed E-state index contributed by atoms with van der Waals surface area (Å²) in [6.45, 7) is 7.41. The molecule has 152 valence electrons. The van der Waals surface area contributed by atoms with E-state index in [9.17, 15) is 9.59 Å². The topological polar surface area (TPSA) is 81.0 Å². The summed E-state index contributed by atoms with van der Waals surface area (Å²) in [4.78, 5) is 30.0. The van der Waals surface area contributed by atoms with Gasteiger partial charge in [0.25, 0.3) is 11.8 Å². The van der Waals surface area contributed by atoms with Crippen molar-refractivity contribution >= 4 is 39.7 Å². The Balaban J connectivity index is 1.56. The second-order valence-corrected chi connectivity index (χ2v) is 8.26. The number of nitrogens with zero attached hydrogens (tertiary/aromatic N) is 3. The third-order valence-electron chi connectivity index (χ3n) is 5.78. The van der Waals surface area contributed by atoms with Crippen LogP contribution in [0.4, 0.5) is 5.95 Å². The van der Waals surface area contributed by atoms with E-state index < -0.39 is 0 Å². The second kappa shape index (κ2) is 6.45. The number of aryl methyl sites for hydroxylation is 1. The minimum atomic E-state index is -0.281. The molecule has 7 nitrogen and oxygen atoms in total. The average molecular weight is 401 g/mol. The van der Waals surface area contributed by atoms with Gasteiger partial charge in [-0.2, -0.15) is 0 Å². The third kappa shape index (κ3) is 2.69. The molecular formula is C23H23N5O2. The van der Waals surface area contributed by atoms with E-state index in [1.165, 1.54) is 0 Å². The minimum absolute atomic E-state index is 0.0896. The molecule has 3 heterocycles. The molecule has 4 aromatic rings. The number of rotatable bonds is 3. The zero-order chi connectivity index (χ0) is 21.0. The summed E-state index contributed by atoms with van der Waals surface area (Å²) in [5.41, 5.74) is 3.57. The van der Waals surface area contributed by atoms with Gasteiger partial charge >= 0.3 is 0 Å². The van der Waals surface area contributed by atoms with Crippen molar-refractivity contribution in [3.8, 4) is 0 Å². The van der Waals surface area contributed by atoms with Gasteiger partial charge in [0.2, 0.25) is 5.95 Å². The summed E-state index contributed by atoms with van der Waals surface area (Å²) >= 11 is 0. The molecular weight excluding hydrogens is 378 g/mol. The maximum absolute atomic E-state index is 13.1. The summed E-state index contributed by atoms with van der Waals surface area (Å²) in [6.07, 6.45) is 0. The number of carbonyl (C=O) groups excluding carboxylic acids is 2. The fraction of sp³-hybridized carbons (Fsp3) is 0.261. The molecule has 1 aliphatic rings. The molecule has 1 aliphatic heterocycles. The molecule has 0 bridgehead atoms. The van der Waals surface area contributed by atoms with Crippen LogP contribution in [0, 0.1) is 0 Å². The lowest BCUT2D eigenvalue weighted by Gasteiger charge is -2.34. The Morgan fingerprint density at radius 2 is 1.97 bits per heavy atom. The van der Waals surface area contributed by atoms with Gasteiger partial charge in [-0.05, 0) is 51.1 Å². The number of anilines is 1. The lowest BCUT2D eigenvalue weighted by atomic mass is 10.0. The number of carbonyl (C=O) groups is 2. The first kappa shape index (κ1) is 18.4. The van der Waals surface area contributed by atoms with Crippen molar-refractivity contribution < 1.29 is 9.59 Å². The zero-order valence-corrected chi connectivity index (χ0v) is 17.2. The molecule has 0 saturated heterocycles. The van der Waals surface area contributed by atoms with E-state index in [2.05, 4.69) is 29.5 Å². The van der Waals surface area contributed by atoms with Gasteiger partial charge in [0.1, 0.15) is 5.69 Å². The van der Waals surface area contributed by atoms with Crippen molar-refractivity contribution in [1.29, 1.82) is 0 Å². The molecule has 5 rings (SSSR count). The second-order valence-electron chi connectivity index (χ2n) is 8.26. The summed E-state index contributed by atoms with van der Waals surface area (Å²) < 4.78 is 4.01. The summed E-state index contributed by atoms with van der Waals surface area (Å²) in [7, 11) is 0. The van der Waals surface area contributed by atoms with Crippen LogP contribution in [0.25, 0.3) is 21.9 Å². The van der Waals surface area contributed by atoms with Gasteiger partial charge in [-0.25, -0.2) is 4.98 Å². The molecule has 2 N–H and O–H groups in total. The van der Waals surface area contributed by atoms with Crippen LogP contribution in [0.15, 0.2) is 48.5 Å². The van der Waals surface area contributed by atoms with E-state index in [1.54, 1.807) is 6.07 Å². The van der Waals surface area contributed by atoms with E-state index in [-0.39, 0.29) is 17.4 Å². The van der Waals surface area contributed by atoms with Gasteiger partial charge in [0.05, 0.1) is 16.6 Å². The monoisotopic (exact) mass is 401 g/mol. The number of amides is 2. The van der Waals surface area contributed by atoms with Crippen LogP contribution in [-0.4, -0.2) is 32.5 Å². The average Bonchev–Trinajstić information content (AvgIpc) is 3.29. The first-order chi connectivity index (χ1) is 14.4. The third-order valence-corrected chi connectivity index (χ3v) is 5.78.